The molecule has 1 fully saturated rings. The summed E-state index contributed by atoms with van der Waals surface area (Å²) in [6.07, 6.45) is 0.568. The Bertz CT molecular complexity index is 497. The Hall–Kier alpha value is -1.43. The molecule has 1 heterocycles. The first-order chi connectivity index (χ1) is 10.6. The number of benzene rings is 1. The van der Waals surface area contributed by atoms with Crippen LogP contribution in [0.2, 0.25) is 0 Å². The molecule has 1 amide bonds. The van der Waals surface area contributed by atoms with Crippen molar-refractivity contribution >= 4 is 11.6 Å². The fourth-order valence-corrected chi connectivity index (χ4v) is 2.99. The van der Waals surface area contributed by atoms with Gasteiger partial charge in [0.05, 0.1) is 19.6 Å². The summed E-state index contributed by atoms with van der Waals surface area (Å²) >= 11 is 0. The lowest BCUT2D eigenvalue weighted by Crippen LogP contribution is -3.28. The predicted molar refractivity (Wildman–Crippen MR) is 87.4 cm³/mol. The highest BCUT2D eigenvalue weighted by Gasteiger charge is 2.22. The first-order valence-corrected chi connectivity index (χ1v) is 8.23. The van der Waals surface area contributed by atoms with Crippen molar-refractivity contribution in [3.63, 3.8) is 0 Å². The number of aliphatic hydroxyl groups is 1. The van der Waals surface area contributed by atoms with Crippen LogP contribution in [0.25, 0.3) is 0 Å². The van der Waals surface area contributed by atoms with Crippen LogP contribution in [-0.2, 0) is 4.79 Å². The van der Waals surface area contributed by atoms with E-state index >= 15 is 0 Å². The molecule has 22 heavy (non-hydrogen) atoms. The van der Waals surface area contributed by atoms with Gasteiger partial charge in [-0.25, -0.2) is 0 Å². The van der Waals surface area contributed by atoms with Crippen molar-refractivity contribution in [1.29, 1.82) is 0 Å². The molecule has 0 radical (unpaired) electrons. The number of nitrogens with one attached hydrogen (secondary N) is 3. The minimum atomic E-state index is 0.103. The molecule has 0 bridgehead atoms. The Morgan fingerprint density at radius 3 is 2.41 bits per heavy atom. The van der Waals surface area contributed by atoms with Crippen LogP contribution in [0.4, 0.5) is 5.69 Å². The molecule has 5 heteroatoms. The number of anilines is 1. The molecule has 0 atom stereocenters. The summed E-state index contributed by atoms with van der Waals surface area (Å²) in [7, 11) is 0. The molecule has 1 saturated heterocycles. The van der Waals surface area contributed by atoms with Gasteiger partial charge in [0, 0.05) is 5.69 Å². The molecular formula is C17H29N3O2+2. The van der Waals surface area contributed by atoms with E-state index in [4.69, 9.17) is 5.11 Å². The monoisotopic (exact) mass is 307 g/mol. The zero-order valence-corrected chi connectivity index (χ0v) is 13.7. The topological polar surface area (TPSA) is 58.2 Å². The first-order valence-electron chi connectivity index (χ1n) is 8.23. The summed E-state index contributed by atoms with van der Waals surface area (Å²) < 4.78 is 0. The number of carbonyl (C=O) groups excluding carboxylic acids is 1. The van der Waals surface area contributed by atoms with Gasteiger partial charge >= 0.3 is 0 Å². The second kappa shape index (κ2) is 8.27. The lowest BCUT2D eigenvalue weighted by atomic mass is 10.1. The number of hydrogen-bond donors (Lipinski definition) is 4. The third-order valence-electron chi connectivity index (χ3n) is 4.50. The van der Waals surface area contributed by atoms with Gasteiger partial charge in [-0.1, -0.05) is 12.1 Å². The Kier molecular flexibility index (Phi) is 6.36. The van der Waals surface area contributed by atoms with Gasteiger partial charge in [0.15, 0.2) is 0 Å². The number of amides is 1. The van der Waals surface area contributed by atoms with E-state index < -0.39 is 0 Å². The third-order valence-corrected chi connectivity index (χ3v) is 4.50. The van der Waals surface area contributed by atoms with E-state index in [0.29, 0.717) is 6.42 Å². The normalized spacial score (nSPS) is 21.6. The van der Waals surface area contributed by atoms with Crippen LogP contribution in [0.1, 0.15) is 17.5 Å². The summed E-state index contributed by atoms with van der Waals surface area (Å²) in [5.74, 6) is 0.103. The summed E-state index contributed by atoms with van der Waals surface area (Å²) in [4.78, 5) is 15.1. The minimum absolute atomic E-state index is 0.103. The molecule has 0 saturated carbocycles. The van der Waals surface area contributed by atoms with Crippen molar-refractivity contribution in [2.24, 2.45) is 0 Å². The van der Waals surface area contributed by atoms with Crippen LogP contribution < -0.4 is 15.1 Å². The van der Waals surface area contributed by atoms with Gasteiger partial charge in [-0.2, -0.15) is 0 Å². The van der Waals surface area contributed by atoms with Crippen molar-refractivity contribution in [3.05, 3.63) is 29.3 Å². The number of aliphatic hydroxyl groups excluding tert-OH is 1. The fraction of sp³-hybridized carbons (Fsp3) is 0.588. The van der Waals surface area contributed by atoms with Gasteiger partial charge in [-0.15, -0.1) is 0 Å². The molecule has 0 aromatic heterocycles. The summed E-state index contributed by atoms with van der Waals surface area (Å²) in [5.41, 5.74) is 3.19. The Labute approximate surface area is 132 Å². The van der Waals surface area contributed by atoms with E-state index in [2.05, 4.69) is 11.4 Å². The van der Waals surface area contributed by atoms with Crippen molar-refractivity contribution < 1.29 is 19.7 Å². The van der Waals surface area contributed by atoms with Gasteiger partial charge in [-0.05, 0) is 31.0 Å². The van der Waals surface area contributed by atoms with Crippen molar-refractivity contribution in [3.8, 4) is 0 Å². The van der Waals surface area contributed by atoms with Gasteiger partial charge in [0.1, 0.15) is 32.7 Å². The maximum absolute atomic E-state index is 12.1. The van der Waals surface area contributed by atoms with Crippen molar-refractivity contribution in [1.82, 2.24) is 0 Å². The van der Waals surface area contributed by atoms with Crippen LogP contribution in [-0.4, -0.2) is 56.9 Å². The maximum atomic E-state index is 12.1. The maximum Gasteiger partial charge on any atom is 0.230 e. The van der Waals surface area contributed by atoms with Crippen LogP contribution >= 0.6 is 0 Å². The van der Waals surface area contributed by atoms with E-state index in [-0.39, 0.29) is 12.5 Å². The number of carbonyl (C=O) groups is 1. The standard InChI is InChI=1S/C17H27N3O2/c1-14-3-4-15(2)16(13-14)18-17(22)5-6-19-7-9-20(10-8-19)11-12-21/h3-4,13,21H,5-12H2,1-2H3,(H,18,22)/p+2. The average molecular weight is 307 g/mol. The lowest BCUT2D eigenvalue weighted by molar-refractivity contribution is -1.01. The minimum Gasteiger partial charge on any atom is -0.391 e. The number of quaternary nitrogens is 2. The molecular weight excluding hydrogens is 278 g/mol. The Morgan fingerprint density at radius 2 is 1.77 bits per heavy atom. The van der Waals surface area contributed by atoms with Gasteiger partial charge in [0.2, 0.25) is 5.91 Å². The molecule has 2 rings (SSSR count). The highest BCUT2D eigenvalue weighted by molar-refractivity contribution is 5.91. The predicted octanol–water partition coefficient (Wildman–Crippen LogP) is -1.59. The summed E-state index contributed by atoms with van der Waals surface area (Å²) in [6, 6.07) is 6.12. The Morgan fingerprint density at radius 1 is 1.14 bits per heavy atom. The highest BCUT2D eigenvalue weighted by atomic mass is 16.3. The number of piperazine rings is 1. The molecule has 0 spiro atoms. The molecule has 122 valence electrons. The first kappa shape index (κ1) is 16.9. The molecule has 1 aromatic rings. The number of rotatable bonds is 6. The Balaban J connectivity index is 1.73. The van der Waals surface area contributed by atoms with Crippen LogP contribution in [0.3, 0.4) is 0 Å². The van der Waals surface area contributed by atoms with E-state index in [1.165, 1.54) is 9.80 Å². The molecule has 0 aliphatic carbocycles. The SMILES string of the molecule is Cc1ccc(C)c(NC(=O)CC[NH+]2CC[NH+](CCO)CC2)c1. The van der Waals surface area contributed by atoms with Gasteiger partial charge in [0.25, 0.3) is 0 Å². The second-order valence-corrected chi connectivity index (χ2v) is 6.34. The average Bonchev–Trinajstić information content (AvgIpc) is 2.51. The number of aryl methyl sites for hydroxylation is 2. The summed E-state index contributed by atoms with van der Waals surface area (Å²) in [6.45, 7) is 10.4. The molecule has 0 unspecified atom stereocenters. The third kappa shape index (κ3) is 5.09. The van der Waals surface area contributed by atoms with Crippen LogP contribution in [0, 0.1) is 13.8 Å². The van der Waals surface area contributed by atoms with E-state index in [9.17, 15) is 4.79 Å². The fourth-order valence-electron chi connectivity index (χ4n) is 2.99. The van der Waals surface area contributed by atoms with Gasteiger partial charge < -0.3 is 20.2 Å². The van der Waals surface area contributed by atoms with E-state index in [1.807, 2.05) is 26.0 Å². The van der Waals surface area contributed by atoms with Crippen LogP contribution in [0.15, 0.2) is 18.2 Å². The van der Waals surface area contributed by atoms with E-state index in [0.717, 1.165) is 56.1 Å². The summed E-state index contributed by atoms with van der Waals surface area (Å²) in [5, 5.41) is 12.0. The lowest BCUT2D eigenvalue weighted by Gasteiger charge is -2.29. The zero-order chi connectivity index (χ0) is 15.9. The second-order valence-electron chi connectivity index (χ2n) is 6.34. The van der Waals surface area contributed by atoms with Crippen LogP contribution in [0.5, 0.6) is 0 Å². The molecule has 1 aromatic carbocycles. The largest absolute Gasteiger partial charge is 0.391 e. The highest BCUT2D eigenvalue weighted by Crippen LogP contribution is 2.16. The smallest absolute Gasteiger partial charge is 0.230 e. The molecule has 1 aliphatic heterocycles. The quantitative estimate of drug-likeness (QED) is 0.512. The van der Waals surface area contributed by atoms with Crippen molar-refractivity contribution in [2.75, 3.05) is 51.2 Å². The van der Waals surface area contributed by atoms with Gasteiger partial charge in [-0.3, -0.25) is 4.79 Å². The molecule has 4 N–H and O–H groups in total. The molecule has 1 aliphatic rings. The van der Waals surface area contributed by atoms with Crippen molar-refractivity contribution in [2.45, 2.75) is 20.3 Å². The zero-order valence-electron chi connectivity index (χ0n) is 13.7. The molecule has 5 nitrogen and oxygen atoms in total. The number of hydrogen-bond acceptors (Lipinski definition) is 2. The van der Waals surface area contributed by atoms with E-state index in [1.54, 1.807) is 0 Å².